The van der Waals surface area contributed by atoms with Crippen LogP contribution < -0.4 is 11.4 Å². The molecule has 1 amide bonds. The molecule has 0 radical (unpaired) electrons. The first-order valence-electron chi connectivity index (χ1n) is 20.5. The van der Waals surface area contributed by atoms with E-state index in [1.165, 1.54) is 33.8 Å². The lowest BCUT2D eigenvalue weighted by molar-refractivity contribution is -0.0621. The zero-order valence-corrected chi connectivity index (χ0v) is 34.5. The molecule has 8 aromatic rings. The molecule has 2 aromatic carbocycles. The molecule has 1 saturated heterocycles. The molecule has 62 heavy (non-hydrogen) atoms. The van der Waals surface area contributed by atoms with Gasteiger partial charge in [0.1, 0.15) is 28.4 Å². The molecule has 1 aliphatic carbocycles. The van der Waals surface area contributed by atoms with E-state index in [4.69, 9.17) is 23.8 Å². The fraction of sp³-hybridized carbons (Fsp3) is 0.372. The van der Waals surface area contributed by atoms with E-state index in [1.54, 1.807) is 64.0 Å². The zero-order valence-electron chi connectivity index (χ0n) is 34.5. The average Bonchev–Trinajstić information content (AvgIpc) is 3.84. The summed E-state index contributed by atoms with van der Waals surface area (Å²) in [5, 5.41) is 13.5. The fourth-order valence-corrected chi connectivity index (χ4v) is 9.47. The molecule has 17 nitrogen and oxygen atoms in total. The van der Waals surface area contributed by atoms with Crippen LogP contribution in [-0.4, -0.2) is 77.9 Å². The smallest absolute Gasteiger partial charge is 0.424 e. The number of ether oxygens (including phenoxy) is 1. The summed E-state index contributed by atoms with van der Waals surface area (Å²) in [6, 6.07) is 8.25. The first-order chi connectivity index (χ1) is 29.7. The third-order valence-corrected chi connectivity index (χ3v) is 12.7. The van der Waals surface area contributed by atoms with E-state index in [-0.39, 0.29) is 58.9 Å². The number of benzene rings is 2. The highest BCUT2D eigenvalue weighted by atomic mass is 19.1. The monoisotopic (exact) mass is 845 g/mol. The number of imidazole rings is 1. The Kier molecular flexibility index (Phi) is 8.17. The van der Waals surface area contributed by atoms with E-state index >= 15 is 9.18 Å². The van der Waals surface area contributed by atoms with Gasteiger partial charge in [-0.25, -0.2) is 28.0 Å². The number of nitrogens with one attached hydrogen (secondary N) is 1. The maximum absolute atomic E-state index is 16.0. The molecule has 0 spiro atoms. The van der Waals surface area contributed by atoms with E-state index in [0.717, 1.165) is 6.42 Å². The summed E-state index contributed by atoms with van der Waals surface area (Å²) in [7, 11) is 1.71. The fourth-order valence-electron chi connectivity index (χ4n) is 9.47. The van der Waals surface area contributed by atoms with Gasteiger partial charge in [-0.1, -0.05) is 5.16 Å². The Hall–Kier alpha value is -6.89. The van der Waals surface area contributed by atoms with Crippen LogP contribution in [0, 0.1) is 25.5 Å². The maximum atomic E-state index is 16.0. The number of carbonyl (C=O) groups is 1. The highest BCUT2D eigenvalue weighted by Gasteiger charge is 2.53. The van der Waals surface area contributed by atoms with Gasteiger partial charge in [0.2, 0.25) is 11.6 Å². The quantitative estimate of drug-likeness (QED) is 0.211. The molecule has 6 aromatic heterocycles. The summed E-state index contributed by atoms with van der Waals surface area (Å²) >= 11 is 0. The minimum Gasteiger partial charge on any atom is -0.424 e. The first-order valence-corrected chi connectivity index (χ1v) is 20.5. The van der Waals surface area contributed by atoms with Crippen molar-refractivity contribution >= 4 is 28.0 Å². The van der Waals surface area contributed by atoms with Gasteiger partial charge in [-0.15, -0.1) is 0 Å². The lowest BCUT2D eigenvalue weighted by atomic mass is 9.88. The Morgan fingerprint density at radius 2 is 1.79 bits per heavy atom. The zero-order chi connectivity index (χ0) is 43.0. The Morgan fingerprint density at radius 3 is 2.52 bits per heavy atom. The number of aromatic amines is 1. The molecule has 8 heterocycles. The van der Waals surface area contributed by atoms with Crippen molar-refractivity contribution in [2.24, 2.45) is 7.05 Å². The van der Waals surface area contributed by atoms with Gasteiger partial charge in [0.25, 0.3) is 5.91 Å². The topological polar surface area (TPSA) is 182 Å². The number of fused-ring (bicyclic) bond motifs is 3. The third kappa shape index (κ3) is 5.70. The standard InChI is InChI=1S/C43H41F2N11O6/c1-22-16-25(17-23(2)33(22)44)56-36(54-14-13-53(41(54)59)31-7-6-30-26(34(31)45)20-46-51(30)5)27-21-52(12-8-28(27)49-56)37(57)32-18-29-38(55(32)43(10-11-43)39-48-40(58)62-50-39)61-35(47-29)24-9-15-60-42(3,4)19-24/h6-7,13-14,16-18,20,24H,8-12,15,19,21H2,1-5H3,(H,48,50,58)/t24-/m0/s1. The summed E-state index contributed by atoms with van der Waals surface area (Å²) in [5.74, 6) is -0.885. The summed E-state index contributed by atoms with van der Waals surface area (Å²) in [6.07, 6.45) is 7.27. The van der Waals surface area contributed by atoms with Gasteiger partial charge < -0.3 is 14.1 Å². The largest absolute Gasteiger partial charge is 0.438 e. The number of aromatic nitrogens is 10. The molecular weight excluding hydrogens is 805 g/mol. The number of halogens is 2. The maximum Gasteiger partial charge on any atom is 0.438 e. The molecule has 318 valence electrons. The van der Waals surface area contributed by atoms with Gasteiger partial charge in [0.05, 0.1) is 46.3 Å². The summed E-state index contributed by atoms with van der Waals surface area (Å²) in [4.78, 5) is 51.1. The molecule has 0 unspecified atom stereocenters. The highest BCUT2D eigenvalue weighted by Crippen LogP contribution is 2.51. The molecular formula is C43H41F2N11O6. The van der Waals surface area contributed by atoms with E-state index in [1.807, 2.05) is 13.8 Å². The Labute approximate surface area is 350 Å². The SMILES string of the molecule is Cc1cc(-n2nc3c(c2-n2ccn(-c4ccc5c(cnn5C)c4F)c2=O)CN(C(=O)c2cc4nc([C@H]5CCOC(C)(C)C5)oc4n2C2(c4noc(=O)[nH]4)CC2)CC3)cc(C)c1F. The van der Waals surface area contributed by atoms with Crippen molar-refractivity contribution in [1.29, 1.82) is 0 Å². The van der Waals surface area contributed by atoms with Gasteiger partial charge in [-0.2, -0.15) is 10.2 Å². The second kappa shape index (κ2) is 13.3. The van der Waals surface area contributed by atoms with E-state index in [9.17, 15) is 14.0 Å². The summed E-state index contributed by atoms with van der Waals surface area (Å²) in [5.41, 5.74) is 2.38. The van der Waals surface area contributed by atoms with E-state index in [0.29, 0.717) is 88.8 Å². The van der Waals surface area contributed by atoms with Crippen molar-refractivity contribution in [3.8, 4) is 17.2 Å². The molecule has 1 N–H and O–H groups in total. The van der Waals surface area contributed by atoms with Crippen LogP contribution >= 0.6 is 0 Å². The van der Waals surface area contributed by atoms with Crippen LogP contribution in [-0.2, 0) is 30.3 Å². The van der Waals surface area contributed by atoms with Crippen LogP contribution in [0.25, 0.3) is 39.3 Å². The lowest BCUT2D eigenvalue weighted by Gasteiger charge is -2.34. The predicted octanol–water partition coefficient (Wildman–Crippen LogP) is 5.62. The first kappa shape index (κ1) is 38.1. The van der Waals surface area contributed by atoms with Crippen molar-refractivity contribution in [3.63, 3.8) is 0 Å². The Balaban J connectivity index is 1.03. The van der Waals surface area contributed by atoms with Crippen molar-refractivity contribution in [3.05, 3.63) is 121 Å². The molecule has 2 fully saturated rings. The lowest BCUT2D eigenvalue weighted by Crippen LogP contribution is -2.38. The van der Waals surface area contributed by atoms with Crippen molar-refractivity contribution in [2.75, 3.05) is 13.2 Å². The van der Waals surface area contributed by atoms with Crippen molar-refractivity contribution < 1.29 is 27.3 Å². The predicted molar refractivity (Wildman–Crippen MR) is 218 cm³/mol. The molecule has 3 aliphatic rings. The second-order valence-electron chi connectivity index (χ2n) is 17.3. The van der Waals surface area contributed by atoms with Crippen LogP contribution in [0.4, 0.5) is 8.78 Å². The van der Waals surface area contributed by atoms with Gasteiger partial charge in [-0.3, -0.25) is 32.7 Å². The highest BCUT2D eigenvalue weighted by molar-refractivity contribution is 5.97. The van der Waals surface area contributed by atoms with Crippen LogP contribution in [0.1, 0.15) is 90.0 Å². The average molecular weight is 846 g/mol. The number of oxazole rings is 1. The van der Waals surface area contributed by atoms with E-state index in [2.05, 4.69) is 15.2 Å². The summed E-state index contributed by atoms with van der Waals surface area (Å²) < 4.78 is 56.0. The molecule has 11 rings (SSSR count). The molecule has 0 bridgehead atoms. The Bertz CT molecular complexity index is 3250. The minimum atomic E-state index is -0.926. The normalized spacial score (nSPS) is 18.2. The third-order valence-electron chi connectivity index (χ3n) is 12.7. The number of hydrogen-bond donors (Lipinski definition) is 1. The molecule has 1 saturated carbocycles. The molecule has 19 heteroatoms. The minimum absolute atomic E-state index is 0.00192. The van der Waals surface area contributed by atoms with Crippen LogP contribution in [0.5, 0.6) is 0 Å². The number of rotatable bonds is 7. The van der Waals surface area contributed by atoms with Crippen LogP contribution in [0.2, 0.25) is 0 Å². The van der Waals surface area contributed by atoms with Gasteiger partial charge in [0, 0.05) is 50.5 Å². The van der Waals surface area contributed by atoms with Crippen LogP contribution in [0.3, 0.4) is 0 Å². The number of nitrogens with zero attached hydrogens (tertiary/aromatic N) is 10. The van der Waals surface area contributed by atoms with Gasteiger partial charge in [-0.05, 0) is 94.8 Å². The molecule has 2 aliphatic heterocycles. The summed E-state index contributed by atoms with van der Waals surface area (Å²) in [6.45, 7) is 8.25. The number of hydrogen-bond acceptors (Lipinski definition) is 10. The van der Waals surface area contributed by atoms with E-state index < -0.39 is 22.8 Å². The van der Waals surface area contributed by atoms with Crippen LogP contribution in [0.15, 0.2) is 67.5 Å². The van der Waals surface area contributed by atoms with Crippen molar-refractivity contribution in [1.82, 2.24) is 53.3 Å². The number of H-pyrrole nitrogens is 1. The number of aryl methyl sites for hydroxylation is 3. The number of carbonyl (C=O) groups excluding carboxylic acids is 1. The van der Waals surface area contributed by atoms with Gasteiger partial charge >= 0.3 is 11.4 Å². The Morgan fingerprint density at radius 1 is 1.02 bits per heavy atom. The number of amides is 1. The van der Waals surface area contributed by atoms with Crippen molar-refractivity contribution in [2.45, 2.75) is 83.4 Å². The molecule has 1 atom stereocenters. The second-order valence-corrected chi connectivity index (χ2v) is 17.3. The van der Waals surface area contributed by atoms with Gasteiger partial charge in [0.15, 0.2) is 11.6 Å².